The number of ether oxygens (including phenoxy) is 2. The number of anilines is 2. The van der Waals surface area contributed by atoms with E-state index in [1.165, 1.54) is 19.2 Å². The lowest BCUT2D eigenvalue weighted by Crippen LogP contribution is -2.21. The SMILES string of the molecule is COc1ccccc1NS(=O)(=O)c1ccc(O)c(NC(=O)COc2ccc(Cl)cc2C)c1. The van der Waals surface area contributed by atoms with Gasteiger partial charge < -0.3 is 19.9 Å². The molecule has 0 atom stereocenters. The molecule has 0 spiro atoms. The van der Waals surface area contributed by atoms with Gasteiger partial charge in [0.1, 0.15) is 17.2 Å². The molecule has 0 aliphatic carbocycles. The predicted molar refractivity (Wildman–Crippen MR) is 122 cm³/mol. The summed E-state index contributed by atoms with van der Waals surface area (Å²) in [5, 5.41) is 13.1. The molecule has 168 valence electrons. The van der Waals surface area contributed by atoms with Crippen molar-refractivity contribution in [2.45, 2.75) is 11.8 Å². The van der Waals surface area contributed by atoms with Gasteiger partial charge in [0.25, 0.3) is 15.9 Å². The average molecular weight is 477 g/mol. The van der Waals surface area contributed by atoms with Gasteiger partial charge in [-0.3, -0.25) is 9.52 Å². The zero-order chi connectivity index (χ0) is 23.3. The lowest BCUT2D eigenvalue weighted by atomic mass is 10.2. The Balaban J connectivity index is 1.74. The van der Waals surface area contributed by atoms with Crippen LogP contribution in [0.25, 0.3) is 0 Å². The Morgan fingerprint density at radius 3 is 2.50 bits per heavy atom. The number of amides is 1. The molecule has 3 N–H and O–H groups in total. The second-order valence-corrected chi connectivity index (χ2v) is 8.85. The molecule has 0 saturated heterocycles. The zero-order valence-electron chi connectivity index (χ0n) is 17.3. The highest BCUT2D eigenvalue weighted by atomic mass is 35.5. The number of methoxy groups -OCH3 is 1. The first kappa shape index (κ1) is 23.2. The summed E-state index contributed by atoms with van der Waals surface area (Å²) in [5.74, 6) is -0.0525. The topological polar surface area (TPSA) is 114 Å². The van der Waals surface area contributed by atoms with Crippen LogP contribution in [0.5, 0.6) is 17.2 Å². The molecular weight excluding hydrogens is 456 g/mol. The highest BCUT2D eigenvalue weighted by molar-refractivity contribution is 7.92. The van der Waals surface area contributed by atoms with Gasteiger partial charge >= 0.3 is 0 Å². The van der Waals surface area contributed by atoms with E-state index in [0.717, 1.165) is 11.6 Å². The van der Waals surface area contributed by atoms with E-state index in [4.69, 9.17) is 21.1 Å². The van der Waals surface area contributed by atoms with Gasteiger partial charge in [-0.25, -0.2) is 8.42 Å². The van der Waals surface area contributed by atoms with E-state index in [-0.39, 0.29) is 28.6 Å². The summed E-state index contributed by atoms with van der Waals surface area (Å²) in [4.78, 5) is 12.1. The molecule has 32 heavy (non-hydrogen) atoms. The van der Waals surface area contributed by atoms with Crippen molar-refractivity contribution < 1.29 is 27.8 Å². The van der Waals surface area contributed by atoms with E-state index in [2.05, 4.69) is 10.0 Å². The number of sulfonamides is 1. The summed E-state index contributed by atoms with van der Waals surface area (Å²) < 4.78 is 38.7. The average Bonchev–Trinajstić information content (AvgIpc) is 2.74. The monoisotopic (exact) mass is 476 g/mol. The molecular formula is C22H21ClN2O6S. The van der Waals surface area contributed by atoms with Gasteiger partial charge in [-0.2, -0.15) is 0 Å². The largest absolute Gasteiger partial charge is 0.506 e. The van der Waals surface area contributed by atoms with Crippen LogP contribution in [0.3, 0.4) is 0 Å². The van der Waals surface area contributed by atoms with Gasteiger partial charge in [-0.15, -0.1) is 0 Å². The van der Waals surface area contributed by atoms with Crippen molar-refractivity contribution in [1.82, 2.24) is 0 Å². The number of aromatic hydroxyl groups is 1. The number of carbonyl (C=O) groups excluding carboxylic acids is 1. The van der Waals surface area contributed by atoms with Gasteiger partial charge in [0.2, 0.25) is 0 Å². The van der Waals surface area contributed by atoms with Crippen LogP contribution in [-0.2, 0) is 14.8 Å². The maximum atomic E-state index is 12.8. The molecule has 0 fully saturated rings. The lowest BCUT2D eigenvalue weighted by molar-refractivity contribution is -0.118. The molecule has 0 radical (unpaired) electrons. The molecule has 3 aromatic rings. The number of aryl methyl sites for hydroxylation is 1. The molecule has 0 aliphatic heterocycles. The lowest BCUT2D eigenvalue weighted by Gasteiger charge is -2.14. The number of benzene rings is 3. The number of nitrogens with one attached hydrogen (secondary N) is 2. The first-order valence-electron chi connectivity index (χ1n) is 9.37. The summed E-state index contributed by atoms with van der Waals surface area (Å²) in [7, 11) is -2.60. The van der Waals surface area contributed by atoms with Crippen molar-refractivity contribution in [2.24, 2.45) is 0 Å². The molecule has 3 aromatic carbocycles. The van der Waals surface area contributed by atoms with E-state index in [1.54, 1.807) is 49.4 Å². The van der Waals surface area contributed by atoms with Gasteiger partial charge in [-0.1, -0.05) is 23.7 Å². The van der Waals surface area contributed by atoms with Crippen molar-refractivity contribution >= 4 is 38.9 Å². The van der Waals surface area contributed by atoms with Crippen LogP contribution >= 0.6 is 11.6 Å². The number of hydrogen-bond acceptors (Lipinski definition) is 6. The number of rotatable bonds is 8. The van der Waals surface area contributed by atoms with Crippen LogP contribution in [0.4, 0.5) is 11.4 Å². The number of phenols is 1. The van der Waals surface area contributed by atoms with Crippen LogP contribution in [-0.4, -0.2) is 33.1 Å². The number of phenolic OH excluding ortho intramolecular Hbond substituents is 1. The number of halogens is 1. The number of carbonyl (C=O) groups is 1. The normalized spacial score (nSPS) is 11.0. The molecule has 0 bridgehead atoms. The minimum atomic E-state index is -4.02. The van der Waals surface area contributed by atoms with Crippen LogP contribution in [0, 0.1) is 6.92 Å². The van der Waals surface area contributed by atoms with Gasteiger partial charge in [-0.05, 0) is 61.0 Å². The van der Waals surface area contributed by atoms with Gasteiger partial charge in [0.05, 0.1) is 23.4 Å². The second kappa shape index (κ2) is 9.80. The Bertz CT molecular complexity index is 1250. The summed E-state index contributed by atoms with van der Waals surface area (Å²) >= 11 is 5.90. The standard InChI is InChI=1S/C22H21ClN2O6S/c1-14-11-15(23)7-10-20(14)31-13-22(27)24-18-12-16(8-9-19(18)26)32(28,29)25-17-5-3-4-6-21(17)30-2/h3-12,25-26H,13H2,1-2H3,(H,24,27). The Hall–Kier alpha value is -3.43. The third-order valence-electron chi connectivity index (χ3n) is 4.40. The Labute approximate surface area is 190 Å². The van der Waals surface area contributed by atoms with Gasteiger partial charge in [0, 0.05) is 5.02 Å². The van der Waals surface area contributed by atoms with E-state index in [1.807, 2.05) is 0 Å². The fraction of sp³-hybridized carbons (Fsp3) is 0.136. The Morgan fingerprint density at radius 2 is 1.78 bits per heavy atom. The highest BCUT2D eigenvalue weighted by Gasteiger charge is 2.19. The highest BCUT2D eigenvalue weighted by Crippen LogP contribution is 2.30. The first-order chi connectivity index (χ1) is 15.2. The van der Waals surface area contributed by atoms with E-state index < -0.39 is 15.9 Å². The van der Waals surface area contributed by atoms with Crippen LogP contribution in [0.15, 0.2) is 65.6 Å². The Kier molecular flexibility index (Phi) is 7.12. The third-order valence-corrected chi connectivity index (χ3v) is 6.00. The maximum absolute atomic E-state index is 12.8. The summed E-state index contributed by atoms with van der Waals surface area (Å²) in [6, 6.07) is 15.0. The van der Waals surface area contributed by atoms with Crippen LogP contribution < -0.4 is 19.5 Å². The van der Waals surface area contributed by atoms with Crippen molar-refractivity contribution in [2.75, 3.05) is 23.8 Å². The van der Waals surface area contributed by atoms with E-state index in [0.29, 0.717) is 16.5 Å². The van der Waals surface area contributed by atoms with E-state index >= 15 is 0 Å². The molecule has 0 heterocycles. The molecule has 8 nitrogen and oxygen atoms in total. The molecule has 1 amide bonds. The number of hydrogen-bond donors (Lipinski definition) is 3. The second-order valence-electron chi connectivity index (χ2n) is 6.73. The minimum absolute atomic E-state index is 0.0747. The molecule has 10 heteroatoms. The molecule has 0 aromatic heterocycles. The summed E-state index contributed by atoms with van der Waals surface area (Å²) in [6.07, 6.45) is 0. The minimum Gasteiger partial charge on any atom is -0.506 e. The van der Waals surface area contributed by atoms with Crippen LogP contribution in [0.2, 0.25) is 5.02 Å². The maximum Gasteiger partial charge on any atom is 0.262 e. The first-order valence-corrected chi connectivity index (χ1v) is 11.2. The van der Waals surface area contributed by atoms with Crippen molar-refractivity contribution in [1.29, 1.82) is 0 Å². The third kappa shape index (κ3) is 5.63. The zero-order valence-corrected chi connectivity index (χ0v) is 18.8. The fourth-order valence-electron chi connectivity index (χ4n) is 2.82. The van der Waals surface area contributed by atoms with Crippen molar-refractivity contribution in [3.8, 4) is 17.2 Å². The van der Waals surface area contributed by atoms with E-state index in [9.17, 15) is 18.3 Å². The molecule has 0 saturated carbocycles. The van der Waals surface area contributed by atoms with Crippen LogP contribution in [0.1, 0.15) is 5.56 Å². The molecule has 3 rings (SSSR count). The predicted octanol–water partition coefficient (Wildman–Crippen LogP) is 4.18. The molecule has 0 unspecified atom stereocenters. The van der Waals surface area contributed by atoms with Crippen molar-refractivity contribution in [3.63, 3.8) is 0 Å². The van der Waals surface area contributed by atoms with Gasteiger partial charge in [0.15, 0.2) is 6.61 Å². The smallest absolute Gasteiger partial charge is 0.262 e. The summed E-state index contributed by atoms with van der Waals surface area (Å²) in [5.41, 5.74) is 0.929. The quantitative estimate of drug-likeness (QED) is 0.420. The molecule has 0 aliphatic rings. The summed E-state index contributed by atoms with van der Waals surface area (Å²) in [6.45, 7) is 1.44. The fourth-order valence-corrected chi connectivity index (χ4v) is 4.14. The van der Waals surface area contributed by atoms with Crippen molar-refractivity contribution in [3.05, 3.63) is 71.2 Å². The number of para-hydroxylation sites is 2. The Morgan fingerprint density at radius 1 is 1.03 bits per heavy atom.